The van der Waals surface area contributed by atoms with Crippen LogP contribution in [0.5, 0.6) is 0 Å². The Labute approximate surface area is 234 Å². The summed E-state index contributed by atoms with van der Waals surface area (Å²) >= 11 is 0. The maximum atomic E-state index is 13.1. The van der Waals surface area contributed by atoms with Crippen LogP contribution in [0.4, 0.5) is 0 Å². The van der Waals surface area contributed by atoms with Crippen molar-refractivity contribution in [3.63, 3.8) is 0 Å². The zero-order chi connectivity index (χ0) is 29.7. The maximum absolute atomic E-state index is 13.1. The van der Waals surface area contributed by atoms with E-state index in [1.54, 1.807) is 35.2 Å². The van der Waals surface area contributed by atoms with Crippen molar-refractivity contribution in [2.45, 2.75) is 51.4 Å². The van der Waals surface area contributed by atoms with Gasteiger partial charge in [0, 0.05) is 55.6 Å². The highest BCUT2D eigenvalue weighted by atomic mass is 16.5. The third kappa shape index (κ3) is 9.44. The molecule has 2 aromatic carbocycles. The molecular weight excluding hydrogens is 516 g/mol. The van der Waals surface area contributed by atoms with Crippen molar-refractivity contribution >= 4 is 23.6 Å². The van der Waals surface area contributed by atoms with Crippen LogP contribution in [0, 0.1) is 0 Å². The molecule has 11 nitrogen and oxygen atoms in total. The first-order valence-electron chi connectivity index (χ1n) is 13.4. The molecule has 2 aromatic rings. The van der Waals surface area contributed by atoms with Crippen LogP contribution in [-0.4, -0.2) is 90.3 Å². The third-order valence-electron chi connectivity index (χ3n) is 6.26. The number of hydrogen-bond donors (Lipinski definition) is 5. The van der Waals surface area contributed by atoms with Gasteiger partial charge in [0.25, 0.3) is 17.7 Å². The van der Waals surface area contributed by atoms with Crippen LogP contribution in [0.3, 0.4) is 0 Å². The molecule has 0 aromatic heterocycles. The number of nitrogens with two attached hydrogens (primary N) is 1. The summed E-state index contributed by atoms with van der Waals surface area (Å²) in [7, 11) is 1.47. The summed E-state index contributed by atoms with van der Waals surface area (Å²) in [6, 6.07) is 11.5. The molecule has 0 aliphatic heterocycles. The smallest absolute Gasteiger partial charge is 0.253 e. The summed E-state index contributed by atoms with van der Waals surface area (Å²) in [4.78, 5) is 52.3. The standard InChI is InChI=1S/C29H40N4O7/c1-4-12-33(13-5-2)29(39)22-16-20(26(30)36)15-21(17-22)27(37)31-18-24(34)25(35)23(11-14-40-3)32-28(38)19-9-7-6-8-10-19/h6-10,15-17,23-25,34-35H,4-5,11-14,18H2,1-3H3,(H2,30,36)(H,31,37)(H,32,38). The van der Waals surface area contributed by atoms with E-state index in [2.05, 4.69) is 10.6 Å². The van der Waals surface area contributed by atoms with Gasteiger partial charge in [-0.3, -0.25) is 19.2 Å². The lowest BCUT2D eigenvalue weighted by molar-refractivity contribution is -0.00800. The Bertz CT molecular complexity index is 1140. The van der Waals surface area contributed by atoms with Gasteiger partial charge in [0.2, 0.25) is 5.91 Å². The van der Waals surface area contributed by atoms with E-state index in [1.165, 1.54) is 25.3 Å². The summed E-state index contributed by atoms with van der Waals surface area (Å²) in [5, 5.41) is 26.7. The lowest BCUT2D eigenvalue weighted by atomic mass is 10.0. The Morgan fingerprint density at radius 1 is 0.900 bits per heavy atom. The number of nitrogens with zero attached hydrogens (tertiary/aromatic N) is 1. The van der Waals surface area contributed by atoms with Crippen molar-refractivity contribution in [1.82, 2.24) is 15.5 Å². The first-order valence-corrected chi connectivity index (χ1v) is 13.4. The highest BCUT2D eigenvalue weighted by Crippen LogP contribution is 2.15. The molecule has 40 heavy (non-hydrogen) atoms. The Morgan fingerprint density at radius 3 is 2.08 bits per heavy atom. The van der Waals surface area contributed by atoms with E-state index in [9.17, 15) is 29.4 Å². The number of ether oxygens (including phenoxy) is 1. The quantitative estimate of drug-likeness (QED) is 0.208. The van der Waals surface area contributed by atoms with Crippen LogP contribution in [-0.2, 0) is 4.74 Å². The molecular formula is C29H40N4O7. The van der Waals surface area contributed by atoms with Crippen LogP contribution < -0.4 is 16.4 Å². The highest BCUT2D eigenvalue weighted by Gasteiger charge is 2.29. The van der Waals surface area contributed by atoms with Crippen molar-refractivity contribution in [1.29, 1.82) is 0 Å². The SMILES string of the molecule is CCCN(CCC)C(=O)c1cc(C(N)=O)cc(C(=O)NCC(O)C(O)C(CCOC)NC(=O)c2ccccc2)c1. The molecule has 11 heteroatoms. The number of primary amides is 1. The summed E-state index contributed by atoms with van der Waals surface area (Å²) in [6.07, 6.45) is -1.20. The molecule has 2 rings (SSSR count). The van der Waals surface area contributed by atoms with Gasteiger partial charge in [-0.05, 0) is 49.6 Å². The summed E-state index contributed by atoms with van der Waals surface area (Å²) in [6.45, 7) is 4.77. The Balaban J connectivity index is 2.16. The predicted octanol–water partition coefficient (Wildman–Crippen LogP) is 1.33. The molecule has 4 amide bonds. The summed E-state index contributed by atoms with van der Waals surface area (Å²) in [5.41, 5.74) is 5.98. The number of aliphatic hydroxyl groups excluding tert-OH is 2. The van der Waals surface area contributed by atoms with E-state index in [0.717, 1.165) is 12.8 Å². The van der Waals surface area contributed by atoms with Gasteiger partial charge < -0.3 is 36.2 Å². The molecule has 0 saturated carbocycles. The molecule has 0 aliphatic rings. The lowest BCUT2D eigenvalue weighted by Crippen LogP contribution is -2.52. The first-order chi connectivity index (χ1) is 19.1. The zero-order valence-electron chi connectivity index (χ0n) is 23.3. The molecule has 0 bridgehead atoms. The number of nitrogens with one attached hydrogen (secondary N) is 2. The van der Waals surface area contributed by atoms with E-state index < -0.39 is 36.0 Å². The molecule has 0 fully saturated rings. The fraction of sp³-hybridized carbons (Fsp3) is 0.448. The number of aliphatic hydroxyl groups is 2. The predicted molar refractivity (Wildman–Crippen MR) is 150 cm³/mol. The number of methoxy groups -OCH3 is 1. The second-order valence-corrected chi connectivity index (χ2v) is 9.45. The Morgan fingerprint density at radius 2 is 1.50 bits per heavy atom. The largest absolute Gasteiger partial charge is 0.388 e. The zero-order valence-corrected chi connectivity index (χ0v) is 23.3. The molecule has 0 saturated heterocycles. The molecule has 218 valence electrons. The van der Waals surface area contributed by atoms with E-state index in [4.69, 9.17) is 10.5 Å². The number of rotatable bonds is 16. The topological polar surface area (TPSA) is 171 Å². The van der Waals surface area contributed by atoms with Crippen molar-refractivity contribution in [3.8, 4) is 0 Å². The average molecular weight is 557 g/mol. The summed E-state index contributed by atoms with van der Waals surface area (Å²) < 4.78 is 5.07. The number of amides is 4. The molecule has 3 atom stereocenters. The van der Waals surface area contributed by atoms with Crippen LogP contribution in [0.25, 0.3) is 0 Å². The Kier molecular flexibility index (Phi) is 13.2. The van der Waals surface area contributed by atoms with Crippen molar-refractivity contribution in [2.75, 3.05) is 33.4 Å². The number of carbonyl (C=O) groups is 4. The van der Waals surface area contributed by atoms with Crippen LogP contribution in [0.2, 0.25) is 0 Å². The van der Waals surface area contributed by atoms with Gasteiger partial charge in [0.05, 0.1) is 12.1 Å². The fourth-order valence-corrected chi connectivity index (χ4v) is 4.16. The molecule has 0 spiro atoms. The minimum atomic E-state index is -1.45. The second kappa shape index (κ2) is 16.3. The minimum absolute atomic E-state index is 0.00241. The van der Waals surface area contributed by atoms with Crippen molar-refractivity contribution in [3.05, 3.63) is 70.8 Å². The number of hydrogen-bond acceptors (Lipinski definition) is 7. The molecule has 0 aliphatic carbocycles. The maximum Gasteiger partial charge on any atom is 0.253 e. The first kappa shape index (κ1) is 32.4. The van der Waals surface area contributed by atoms with Gasteiger partial charge in [-0.25, -0.2) is 0 Å². The minimum Gasteiger partial charge on any atom is -0.388 e. The second-order valence-electron chi connectivity index (χ2n) is 9.45. The average Bonchev–Trinajstić information content (AvgIpc) is 2.96. The van der Waals surface area contributed by atoms with Crippen molar-refractivity contribution in [2.24, 2.45) is 5.73 Å². The van der Waals surface area contributed by atoms with Crippen LogP contribution in [0.15, 0.2) is 48.5 Å². The third-order valence-corrected chi connectivity index (χ3v) is 6.26. The molecule has 3 unspecified atom stereocenters. The van der Waals surface area contributed by atoms with Gasteiger partial charge >= 0.3 is 0 Å². The lowest BCUT2D eigenvalue weighted by Gasteiger charge is -2.28. The molecule has 0 radical (unpaired) electrons. The molecule has 6 N–H and O–H groups in total. The van der Waals surface area contributed by atoms with Gasteiger partial charge in [-0.15, -0.1) is 0 Å². The highest BCUT2D eigenvalue weighted by molar-refractivity contribution is 6.04. The fourth-order valence-electron chi connectivity index (χ4n) is 4.16. The van der Waals surface area contributed by atoms with E-state index in [-0.39, 0.29) is 42.2 Å². The van der Waals surface area contributed by atoms with Gasteiger partial charge in [-0.1, -0.05) is 32.0 Å². The van der Waals surface area contributed by atoms with Crippen LogP contribution in [0.1, 0.15) is 74.5 Å². The Hall–Kier alpha value is -3.80. The molecule has 0 heterocycles. The van der Waals surface area contributed by atoms with Gasteiger partial charge in [0.15, 0.2) is 0 Å². The normalized spacial score (nSPS) is 13.1. The number of carbonyl (C=O) groups excluding carboxylic acids is 4. The van der Waals surface area contributed by atoms with Gasteiger partial charge in [-0.2, -0.15) is 0 Å². The van der Waals surface area contributed by atoms with Crippen molar-refractivity contribution < 1.29 is 34.1 Å². The van der Waals surface area contributed by atoms with E-state index in [1.807, 2.05) is 13.8 Å². The van der Waals surface area contributed by atoms with Crippen LogP contribution >= 0.6 is 0 Å². The van der Waals surface area contributed by atoms with E-state index >= 15 is 0 Å². The monoisotopic (exact) mass is 556 g/mol. The summed E-state index contributed by atoms with van der Waals surface area (Å²) in [5.74, 6) is -2.24. The van der Waals surface area contributed by atoms with Gasteiger partial charge in [0.1, 0.15) is 6.10 Å². The van der Waals surface area contributed by atoms with E-state index in [0.29, 0.717) is 18.7 Å². The number of benzene rings is 2.